The van der Waals surface area contributed by atoms with Gasteiger partial charge >= 0.3 is 17.9 Å². The molecule has 0 saturated heterocycles. The summed E-state index contributed by atoms with van der Waals surface area (Å²) < 4.78 is 9.75. The lowest BCUT2D eigenvalue weighted by Gasteiger charge is -2.23. The van der Waals surface area contributed by atoms with Gasteiger partial charge in [0.25, 0.3) is 0 Å². The smallest absolute Gasteiger partial charge is 0.335 e. The highest BCUT2D eigenvalue weighted by atomic mass is 16.5. The van der Waals surface area contributed by atoms with Crippen LogP contribution in [0.3, 0.4) is 0 Å². The maximum absolute atomic E-state index is 11.6. The van der Waals surface area contributed by atoms with Gasteiger partial charge in [0.2, 0.25) is 0 Å². The summed E-state index contributed by atoms with van der Waals surface area (Å²) in [5.41, 5.74) is 0.437. The molecule has 2 N–H and O–H groups in total. The SMILES string of the molecule is COC(=O)C[C@@H]1CCC(=O)Oc2ccc(C(=O)O)cc2N1. The molecular formula is C14H15NO6. The minimum atomic E-state index is -1.09. The van der Waals surface area contributed by atoms with Crippen LogP contribution in [0.4, 0.5) is 5.69 Å². The number of carbonyl (C=O) groups is 3. The summed E-state index contributed by atoms with van der Waals surface area (Å²) in [7, 11) is 1.29. The van der Waals surface area contributed by atoms with Gasteiger partial charge in [-0.1, -0.05) is 0 Å². The highest BCUT2D eigenvalue weighted by Crippen LogP contribution is 2.30. The summed E-state index contributed by atoms with van der Waals surface area (Å²) in [5.74, 6) is -1.66. The summed E-state index contributed by atoms with van der Waals surface area (Å²) in [4.78, 5) is 34.0. The molecule has 112 valence electrons. The quantitative estimate of drug-likeness (QED) is 0.642. The maximum Gasteiger partial charge on any atom is 0.335 e. The number of methoxy groups -OCH3 is 1. The second-order valence-electron chi connectivity index (χ2n) is 4.65. The predicted molar refractivity (Wildman–Crippen MR) is 72.3 cm³/mol. The van der Waals surface area contributed by atoms with Gasteiger partial charge < -0.3 is 19.9 Å². The first kappa shape index (κ1) is 14.8. The molecule has 0 fully saturated rings. The second-order valence-corrected chi connectivity index (χ2v) is 4.65. The van der Waals surface area contributed by atoms with E-state index in [9.17, 15) is 14.4 Å². The molecule has 0 saturated carbocycles. The Hall–Kier alpha value is -2.57. The molecular weight excluding hydrogens is 278 g/mol. The summed E-state index contributed by atoms with van der Waals surface area (Å²) >= 11 is 0. The van der Waals surface area contributed by atoms with Gasteiger partial charge in [-0.25, -0.2) is 4.79 Å². The van der Waals surface area contributed by atoms with Crippen molar-refractivity contribution in [3.63, 3.8) is 0 Å². The first-order valence-electron chi connectivity index (χ1n) is 6.41. The van der Waals surface area contributed by atoms with Crippen molar-refractivity contribution in [2.45, 2.75) is 25.3 Å². The average Bonchev–Trinajstić information content (AvgIpc) is 2.44. The Balaban J connectivity index is 2.30. The minimum absolute atomic E-state index is 0.0645. The maximum atomic E-state index is 11.6. The largest absolute Gasteiger partial charge is 0.478 e. The number of carbonyl (C=O) groups excluding carboxylic acids is 2. The Bertz CT molecular complexity index is 583. The van der Waals surface area contributed by atoms with Crippen LogP contribution in [0.5, 0.6) is 5.75 Å². The molecule has 0 unspecified atom stereocenters. The number of esters is 2. The van der Waals surface area contributed by atoms with Crippen molar-refractivity contribution in [1.29, 1.82) is 0 Å². The number of anilines is 1. The third-order valence-electron chi connectivity index (χ3n) is 3.15. The van der Waals surface area contributed by atoms with Crippen molar-refractivity contribution < 1.29 is 29.0 Å². The van der Waals surface area contributed by atoms with E-state index in [1.54, 1.807) is 0 Å². The lowest BCUT2D eigenvalue weighted by Crippen LogP contribution is -2.28. The first-order valence-corrected chi connectivity index (χ1v) is 6.41. The van der Waals surface area contributed by atoms with Crippen molar-refractivity contribution >= 4 is 23.6 Å². The fourth-order valence-electron chi connectivity index (χ4n) is 2.06. The Morgan fingerprint density at radius 1 is 1.48 bits per heavy atom. The van der Waals surface area contributed by atoms with Crippen LogP contribution in [0.1, 0.15) is 29.6 Å². The number of carboxylic acids is 1. The van der Waals surface area contributed by atoms with Crippen LogP contribution in [0.15, 0.2) is 18.2 Å². The first-order chi connectivity index (χ1) is 9.99. The molecule has 1 aliphatic rings. The van der Waals surface area contributed by atoms with Crippen LogP contribution < -0.4 is 10.1 Å². The van der Waals surface area contributed by atoms with E-state index in [4.69, 9.17) is 9.84 Å². The number of fused-ring (bicyclic) bond motifs is 1. The number of benzene rings is 1. The molecule has 21 heavy (non-hydrogen) atoms. The Labute approximate surface area is 120 Å². The summed E-state index contributed by atoms with van der Waals surface area (Å²) in [6.07, 6.45) is 0.639. The molecule has 0 aliphatic carbocycles. The number of aromatic carboxylic acids is 1. The predicted octanol–water partition coefficient (Wildman–Crippen LogP) is 1.43. The fourth-order valence-corrected chi connectivity index (χ4v) is 2.06. The molecule has 1 aliphatic heterocycles. The molecule has 0 amide bonds. The molecule has 7 nitrogen and oxygen atoms in total. The van der Waals surface area contributed by atoms with Gasteiger partial charge in [-0.05, 0) is 24.6 Å². The Morgan fingerprint density at radius 3 is 2.90 bits per heavy atom. The zero-order chi connectivity index (χ0) is 15.4. The topological polar surface area (TPSA) is 102 Å². The van der Waals surface area contributed by atoms with Crippen LogP contribution in [-0.4, -0.2) is 36.2 Å². The zero-order valence-corrected chi connectivity index (χ0v) is 11.4. The third kappa shape index (κ3) is 3.71. The molecule has 0 radical (unpaired) electrons. The van der Waals surface area contributed by atoms with E-state index >= 15 is 0 Å². The number of hydrogen-bond acceptors (Lipinski definition) is 6. The van der Waals surface area contributed by atoms with E-state index in [-0.39, 0.29) is 30.2 Å². The van der Waals surface area contributed by atoms with Crippen molar-refractivity contribution in [2.75, 3.05) is 12.4 Å². The van der Waals surface area contributed by atoms with E-state index in [2.05, 4.69) is 10.1 Å². The lowest BCUT2D eigenvalue weighted by atomic mass is 10.1. The van der Waals surface area contributed by atoms with Gasteiger partial charge in [0, 0.05) is 12.5 Å². The highest BCUT2D eigenvalue weighted by Gasteiger charge is 2.22. The van der Waals surface area contributed by atoms with Gasteiger partial charge in [-0.3, -0.25) is 9.59 Å². The second kappa shape index (κ2) is 6.25. The van der Waals surface area contributed by atoms with E-state index < -0.39 is 17.9 Å². The fraction of sp³-hybridized carbons (Fsp3) is 0.357. The van der Waals surface area contributed by atoms with E-state index in [1.165, 1.54) is 25.3 Å². The van der Waals surface area contributed by atoms with E-state index in [0.29, 0.717) is 12.1 Å². The van der Waals surface area contributed by atoms with Crippen LogP contribution in [-0.2, 0) is 14.3 Å². The summed E-state index contributed by atoms with van der Waals surface area (Å²) in [6.45, 7) is 0. The number of hydrogen-bond donors (Lipinski definition) is 2. The van der Waals surface area contributed by atoms with Crippen molar-refractivity contribution in [2.24, 2.45) is 0 Å². The molecule has 0 bridgehead atoms. The van der Waals surface area contributed by atoms with Crippen LogP contribution in [0, 0.1) is 0 Å². The van der Waals surface area contributed by atoms with Gasteiger partial charge in [-0.2, -0.15) is 0 Å². The van der Waals surface area contributed by atoms with Crippen LogP contribution in [0.2, 0.25) is 0 Å². The molecule has 1 heterocycles. The standard InChI is InChI=1S/C14H15NO6/c1-20-13(17)7-9-3-5-12(16)21-11-4-2-8(14(18)19)6-10(11)15-9/h2,4,6,9,15H,3,5,7H2,1H3,(H,18,19)/t9-/m0/s1. The van der Waals surface area contributed by atoms with Crippen molar-refractivity contribution in [1.82, 2.24) is 0 Å². The number of nitrogens with one attached hydrogen (secondary N) is 1. The highest BCUT2D eigenvalue weighted by molar-refractivity contribution is 5.90. The van der Waals surface area contributed by atoms with Gasteiger partial charge in [0.1, 0.15) is 0 Å². The Kier molecular flexibility index (Phi) is 4.42. The van der Waals surface area contributed by atoms with Crippen molar-refractivity contribution in [3.05, 3.63) is 23.8 Å². The molecule has 0 spiro atoms. The number of ether oxygens (including phenoxy) is 2. The van der Waals surface area contributed by atoms with Crippen LogP contribution in [0.25, 0.3) is 0 Å². The van der Waals surface area contributed by atoms with Gasteiger partial charge in [0.05, 0.1) is 24.8 Å². The number of carboxylic acid groups (broad SMARTS) is 1. The third-order valence-corrected chi connectivity index (χ3v) is 3.15. The van der Waals surface area contributed by atoms with Crippen molar-refractivity contribution in [3.8, 4) is 5.75 Å². The molecule has 0 aromatic heterocycles. The number of rotatable bonds is 3. The summed E-state index contributed by atoms with van der Waals surface area (Å²) in [5, 5.41) is 12.0. The van der Waals surface area contributed by atoms with E-state index in [1.807, 2.05) is 0 Å². The van der Waals surface area contributed by atoms with E-state index in [0.717, 1.165) is 0 Å². The lowest BCUT2D eigenvalue weighted by molar-refractivity contribution is -0.141. The van der Waals surface area contributed by atoms with Gasteiger partial charge in [0.15, 0.2) is 5.75 Å². The molecule has 1 aromatic carbocycles. The zero-order valence-electron chi connectivity index (χ0n) is 11.4. The monoisotopic (exact) mass is 293 g/mol. The molecule has 2 rings (SSSR count). The average molecular weight is 293 g/mol. The minimum Gasteiger partial charge on any atom is -0.478 e. The molecule has 7 heteroatoms. The molecule has 1 aromatic rings. The Morgan fingerprint density at radius 2 is 2.24 bits per heavy atom. The van der Waals surface area contributed by atoms with Crippen LogP contribution >= 0.6 is 0 Å². The summed E-state index contributed by atoms with van der Waals surface area (Å²) in [6, 6.07) is 3.82. The normalized spacial score (nSPS) is 17.6. The van der Waals surface area contributed by atoms with Gasteiger partial charge in [-0.15, -0.1) is 0 Å². The molecule has 1 atom stereocenters.